The van der Waals surface area contributed by atoms with Crippen LogP contribution in [0.4, 0.5) is 11.4 Å². The van der Waals surface area contributed by atoms with Gasteiger partial charge < -0.3 is 24.4 Å². The number of nitrogens with zero attached hydrogens (tertiary/aromatic N) is 3. The van der Waals surface area contributed by atoms with Crippen molar-refractivity contribution >= 4 is 33.5 Å². The monoisotopic (exact) mass is 670 g/mol. The summed E-state index contributed by atoms with van der Waals surface area (Å²) in [6.07, 6.45) is 7.08. The molecule has 0 fully saturated rings. The SMILES string of the molecule is C=CCN(CC=C)c1ccc2c(c1)Oc1cc(N(CC=C)CC=C)ccc1C21c2ccccc2C(=O)N1S(=O)(=O)NCCOCC(=O)O. The molecule has 1 spiro atoms. The molecule has 11 nitrogen and oxygen atoms in total. The molecule has 3 aromatic carbocycles. The molecule has 2 N–H and O–H groups in total. The van der Waals surface area contributed by atoms with E-state index in [4.69, 9.17) is 14.6 Å². The van der Waals surface area contributed by atoms with Crippen LogP contribution in [0.15, 0.2) is 111 Å². The molecule has 1 amide bonds. The highest BCUT2D eigenvalue weighted by atomic mass is 32.2. The lowest BCUT2D eigenvalue weighted by Crippen LogP contribution is -2.54. The van der Waals surface area contributed by atoms with E-state index in [1.54, 1.807) is 60.7 Å². The van der Waals surface area contributed by atoms with Gasteiger partial charge >= 0.3 is 16.2 Å². The van der Waals surface area contributed by atoms with E-state index in [0.29, 0.717) is 54.4 Å². The Morgan fingerprint density at radius 2 is 1.38 bits per heavy atom. The van der Waals surface area contributed by atoms with E-state index >= 15 is 0 Å². The number of fused-ring (bicyclic) bond motifs is 6. The van der Waals surface area contributed by atoms with Crippen LogP contribution in [-0.2, 0) is 25.3 Å². The lowest BCUT2D eigenvalue weighted by molar-refractivity contribution is -0.142. The van der Waals surface area contributed by atoms with E-state index < -0.39 is 34.2 Å². The van der Waals surface area contributed by atoms with Crippen molar-refractivity contribution in [1.29, 1.82) is 0 Å². The Kier molecular flexibility index (Phi) is 10.2. The van der Waals surface area contributed by atoms with Gasteiger partial charge in [0.15, 0.2) is 0 Å². The molecule has 0 bridgehead atoms. The fourth-order valence-corrected chi connectivity index (χ4v) is 7.70. The van der Waals surface area contributed by atoms with Crippen LogP contribution in [0.2, 0.25) is 0 Å². The number of anilines is 2. The Morgan fingerprint density at radius 3 is 1.88 bits per heavy atom. The standard InChI is InChI=1S/C36H38N4O7S/c1-5-18-38(19-6-2)26-13-15-30-32(23-26)47-33-24-27(39(20-7-3)21-8-4)14-16-31(33)36(30)29-12-10-9-11-28(29)35(43)40(36)48(44,45)37-17-22-46-25-34(41)42/h5-16,23-24,37H,1-4,17-22,25H2,(H,41,42). The number of carbonyl (C=O) groups excluding carboxylic acids is 1. The molecule has 0 aromatic heterocycles. The summed E-state index contributed by atoms with van der Waals surface area (Å²) < 4.78 is 43.6. The Labute approximate surface area is 280 Å². The van der Waals surface area contributed by atoms with Gasteiger partial charge in [-0.25, -0.2) is 9.10 Å². The van der Waals surface area contributed by atoms with Gasteiger partial charge in [0.25, 0.3) is 5.91 Å². The van der Waals surface area contributed by atoms with E-state index in [2.05, 4.69) is 31.0 Å². The molecule has 2 aliphatic heterocycles. The second-order valence-corrected chi connectivity index (χ2v) is 12.7. The van der Waals surface area contributed by atoms with E-state index in [1.807, 2.05) is 34.1 Å². The van der Waals surface area contributed by atoms with Crippen LogP contribution >= 0.6 is 0 Å². The zero-order valence-electron chi connectivity index (χ0n) is 26.5. The topological polar surface area (TPSA) is 129 Å². The summed E-state index contributed by atoms with van der Waals surface area (Å²) in [5, 5.41) is 8.91. The third kappa shape index (κ3) is 6.13. The third-order valence-corrected chi connectivity index (χ3v) is 9.58. The van der Waals surface area contributed by atoms with Crippen molar-refractivity contribution < 1.29 is 32.6 Å². The molecule has 250 valence electrons. The molecule has 0 unspecified atom stereocenters. The second kappa shape index (κ2) is 14.3. The number of nitrogens with one attached hydrogen (secondary N) is 1. The molecule has 2 heterocycles. The van der Waals surface area contributed by atoms with Crippen LogP contribution in [0.5, 0.6) is 11.5 Å². The number of ether oxygens (including phenoxy) is 2. The first-order valence-electron chi connectivity index (χ1n) is 15.3. The van der Waals surface area contributed by atoms with Crippen molar-refractivity contribution in [1.82, 2.24) is 9.03 Å². The normalized spacial score (nSPS) is 13.9. The molecule has 0 radical (unpaired) electrons. The van der Waals surface area contributed by atoms with Gasteiger partial charge in [-0.15, -0.1) is 26.3 Å². The third-order valence-electron chi connectivity index (χ3n) is 8.09. The van der Waals surface area contributed by atoms with Gasteiger partial charge in [-0.3, -0.25) is 4.79 Å². The molecule has 12 heteroatoms. The molecule has 0 atom stereocenters. The highest BCUT2D eigenvalue weighted by Crippen LogP contribution is 2.59. The summed E-state index contributed by atoms with van der Waals surface area (Å²) in [4.78, 5) is 29.3. The first-order valence-corrected chi connectivity index (χ1v) is 16.7. The molecule has 3 aromatic rings. The summed E-state index contributed by atoms with van der Waals surface area (Å²) >= 11 is 0. The smallest absolute Gasteiger partial charge is 0.329 e. The zero-order valence-corrected chi connectivity index (χ0v) is 27.3. The number of carboxylic acids is 1. The van der Waals surface area contributed by atoms with Crippen molar-refractivity contribution in [3.05, 3.63) is 134 Å². The number of benzene rings is 3. The summed E-state index contributed by atoms with van der Waals surface area (Å²) in [6.45, 7) is 16.5. The minimum absolute atomic E-state index is 0.219. The maximum absolute atomic E-state index is 14.3. The Morgan fingerprint density at radius 1 is 0.854 bits per heavy atom. The number of hydrogen-bond donors (Lipinski definition) is 2. The zero-order chi connectivity index (χ0) is 34.5. The fourth-order valence-electron chi connectivity index (χ4n) is 6.26. The van der Waals surface area contributed by atoms with E-state index in [0.717, 1.165) is 15.7 Å². The number of hydrogen-bond acceptors (Lipinski definition) is 8. The first-order chi connectivity index (χ1) is 23.1. The van der Waals surface area contributed by atoms with Gasteiger partial charge in [0.1, 0.15) is 23.6 Å². The van der Waals surface area contributed by atoms with Crippen LogP contribution in [0, 0.1) is 0 Å². The summed E-state index contributed by atoms with van der Waals surface area (Å²) in [5.74, 6) is -1.18. The highest BCUT2D eigenvalue weighted by Gasteiger charge is 2.60. The average Bonchev–Trinajstić information content (AvgIpc) is 3.33. The molecular formula is C36H38N4O7S. The molecule has 48 heavy (non-hydrogen) atoms. The van der Waals surface area contributed by atoms with Crippen LogP contribution < -0.4 is 19.3 Å². The van der Waals surface area contributed by atoms with Crippen molar-refractivity contribution in [3.63, 3.8) is 0 Å². The van der Waals surface area contributed by atoms with Gasteiger partial charge in [-0.2, -0.15) is 13.1 Å². The lowest BCUT2D eigenvalue weighted by Gasteiger charge is -2.43. The minimum atomic E-state index is -4.58. The average molecular weight is 671 g/mol. The van der Waals surface area contributed by atoms with E-state index in [1.165, 1.54) is 0 Å². The maximum Gasteiger partial charge on any atom is 0.329 e. The first kappa shape index (κ1) is 34.2. The quantitative estimate of drug-likeness (QED) is 0.153. The molecule has 0 aliphatic carbocycles. The van der Waals surface area contributed by atoms with Gasteiger partial charge in [0, 0.05) is 78.5 Å². The van der Waals surface area contributed by atoms with Crippen LogP contribution in [0.25, 0.3) is 0 Å². The predicted octanol–water partition coefficient (Wildman–Crippen LogP) is 4.83. The minimum Gasteiger partial charge on any atom is -0.480 e. The number of rotatable bonds is 17. The van der Waals surface area contributed by atoms with Crippen LogP contribution in [0.1, 0.15) is 27.0 Å². The Balaban J connectivity index is 1.76. The van der Waals surface area contributed by atoms with E-state index in [9.17, 15) is 18.0 Å². The second-order valence-electron chi connectivity index (χ2n) is 11.1. The Hall–Kier alpha value is -5.17. The fraction of sp³-hybridized carbons (Fsp3) is 0.222. The molecular weight excluding hydrogens is 632 g/mol. The van der Waals surface area contributed by atoms with Gasteiger partial charge in [0.05, 0.1) is 6.61 Å². The van der Waals surface area contributed by atoms with Gasteiger partial charge in [-0.1, -0.05) is 54.6 Å². The van der Waals surface area contributed by atoms with Crippen molar-refractivity contribution in [2.45, 2.75) is 5.54 Å². The van der Waals surface area contributed by atoms with E-state index in [-0.39, 0.29) is 18.7 Å². The number of carboxylic acid groups (broad SMARTS) is 1. The molecule has 5 rings (SSSR count). The molecule has 2 aliphatic rings. The van der Waals surface area contributed by atoms with Crippen molar-refractivity contribution in [2.75, 3.05) is 55.7 Å². The Bertz CT molecular complexity index is 1780. The van der Waals surface area contributed by atoms with Crippen LogP contribution in [-0.4, -0.2) is 75.6 Å². The summed E-state index contributed by atoms with van der Waals surface area (Å²) in [6, 6.07) is 17.8. The van der Waals surface area contributed by atoms with Crippen LogP contribution in [0.3, 0.4) is 0 Å². The number of carbonyl (C=O) groups is 2. The van der Waals surface area contributed by atoms with Gasteiger partial charge in [0.2, 0.25) is 0 Å². The van der Waals surface area contributed by atoms with Gasteiger partial charge in [-0.05, 0) is 18.2 Å². The predicted molar refractivity (Wildman–Crippen MR) is 186 cm³/mol. The maximum atomic E-state index is 14.3. The number of amides is 1. The summed E-state index contributed by atoms with van der Waals surface area (Å²) in [5.41, 5.74) is 1.49. The summed E-state index contributed by atoms with van der Waals surface area (Å²) in [7, 11) is -4.58. The number of aliphatic carboxylic acids is 1. The largest absolute Gasteiger partial charge is 0.480 e. The molecule has 0 saturated carbocycles. The van der Waals surface area contributed by atoms with Crippen molar-refractivity contribution in [2.24, 2.45) is 0 Å². The molecule has 0 saturated heterocycles. The lowest BCUT2D eigenvalue weighted by atomic mass is 9.75. The van der Waals surface area contributed by atoms with Crippen molar-refractivity contribution in [3.8, 4) is 11.5 Å². The highest BCUT2D eigenvalue weighted by molar-refractivity contribution is 7.87.